The zero-order valence-electron chi connectivity index (χ0n) is 13.7. The lowest BCUT2D eigenvalue weighted by molar-refractivity contribution is -0.122. The zero-order chi connectivity index (χ0) is 17.8. The van der Waals surface area contributed by atoms with Crippen LogP contribution in [0.25, 0.3) is 0 Å². The molecule has 1 atom stereocenters. The summed E-state index contributed by atoms with van der Waals surface area (Å²) in [5.74, 6) is -0.443. The van der Waals surface area contributed by atoms with Crippen LogP contribution in [0, 0.1) is 0 Å². The van der Waals surface area contributed by atoms with E-state index in [-0.39, 0.29) is 17.9 Å². The average Bonchev–Trinajstić information content (AvgIpc) is 3.05. The lowest BCUT2D eigenvalue weighted by Crippen LogP contribution is -2.39. The molecule has 1 fully saturated rings. The monoisotopic (exact) mass is 401 g/mol. The van der Waals surface area contributed by atoms with Crippen molar-refractivity contribution in [2.24, 2.45) is 5.73 Å². The van der Waals surface area contributed by atoms with E-state index in [9.17, 15) is 9.59 Å². The Balaban J connectivity index is 1.75. The van der Waals surface area contributed by atoms with Gasteiger partial charge in [0.1, 0.15) is 0 Å². The molecule has 2 aromatic carbocycles. The topological polar surface area (TPSA) is 75.4 Å². The van der Waals surface area contributed by atoms with Gasteiger partial charge < -0.3 is 11.1 Å². The summed E-state index contributed by atoms with van der Waals surface area (Å²) in [6.45, 7) is 1.42. The van der Waals surface area contributed by atoms with Gasteiger partial charge in [-0.1, -0.05) is 34.1 Å². The van der Waals surface area contributed by atoms with Gasteiger partial charge >= 0.3 is 0 Å². The highest BCUT2D eigenvalue weighted by Gasteiger charge is 2.29. The van der Waals surface area contributed by atoms with Crippen LogP contribution in [-0.4, -0.2) is 29.3 Å². The normalized spacial score (nSPS) is 17.4. The van der Waals surface area contributed by atoms with E-state index in [1.807, 2.05) is 36.4 Å². The van der Waals surface area contributed by atoms with E-state index in [0.29, 0.717) is 12.1 Å². The maximum atomic E-state index is 12.5. The number of hydrogen-bond donors (Lipinski definition) is 2. The van der Waals surface area contributed by atoms with Crippen LogP contribution in [0.3, 0.4) is 0 Å². The number of anilines is 1. The van der Waals surface area contributed by atoms with Gasteiger partial charge in [0, 0.05) is 22.3 Å². The minimum absolute atomic E-state index is 0.159. The fourth-order valence-corrected chi connectivity index (χ4v) is 3.40. The highest BCUT2D eigenvalue weighted by molar-refractivity contribution is 9.10. The highest BCUT2D eigenvalue weighted by Crippen LogP contribution is 2.24. The number of benzene rings is 2. The summed E-state index contributed by atoms with van der Waals surface area (Å²) in [5, 5.41) is 2.97. The number of likely N-dealkylation sites (tertiary alicyclic amines) is 1. The van der Waals surface area contributed by atoms with Gasteiger partial charge in [0.2, 0.25) is 5.91 Å². The summed E-state index contributed by atoms with van der Waals surface area (Å²) >= 11 is 3.36. The third kappa shape index (κ3) is 4.27. The Morgan fingerprint density at radius 3 is 2.60 bits per heavy atom. The molecule has 0 saturated carbocycles. The van der Waals surface area contributed by atoms with Crippen molar-refractivity contribution >= 4 is 33.4 Å². The van der Waals surface area contributed by atoms with E-state index in [0.717, 1.165) is 35.1 Å². The number of para-hydroxylation sites is 1. The van der Waals surface area contributed by atoms with Crippen molar-refractivity contribution in [1.82, 2.24) is 4.90 Å². The molecule has 1 aliphatic rings. The van der Waals surface area contributed by atoms with Crippen LogP contribution in [0.4, 0.5) is 5.69 Å². The number of carbonyl (C=O) groups is 2. The number of nitrogens with two attached hydrogens (primary N) is 1. The lowest BCUT2D eigenvalue weighted by atomic mass is 10.1. The number of amides is 2. The van der Waals surface area contributed by atoms with Crippen LogP contribution >= 0.6 is 15.9 Å². The Morgan fingerprint density at radius 2 is 1.88 bits per heavy atom. The van der Waals surface area contributed by atoms with Gasteiger partial charge in [0.15, 0.2) is 0 Å². The molecule has 1 saturated heterocycles. The molecule has 1 unspecified atom stereocenters. The predicted molar refractivity (Wildman–Crippen MR) is 101 cm³/mol. The van der Waals surface area contributed by atoms with Gasteiger partial charge in [-0.15, -0.1) is 0 Å². The molecule has 5 nitrogen and oxygen atoms in total. The Hall–Kier alpha value is -2.18. The quantitative estimate of drug-likeness (QED) is 0.807. The average molecular weight is 402 g/mol. The molecule has 2 aromatic rings. The molecule has 6 heteroatoms. The number of nitrogens with zero attached hydrogens (tertiary/aromatic N) is 1. The first-order chi connectivity index (χ1) is 12.0. The van der Waals surface area contributed by atoms with E-state index in [1.165, 1.54) is 0 Å². The highest BCUT2D eigenvalue weighted by atomic mass is 79.9. The number of halogens is 1. The molecule has 0 radical (unpaired) electrons. The molecule has 3 N–H and O–H groups in total. The number of carbonyl (C=O) groups excluding carboxylic acids is 2. The van der Waals surface area contributed by atoms with Gasteiger partial charge in [-0.25, -0.2) is 0 Å². The van der Waals surface area contributed by atoms with E-state index in [4.69, 9.17) is 5.73 Å². The Morgan fingerprint density at radius 1 is 1.16 bits per heavy atom. The Labute approximate surface area is 155 Å². The number of primary amides is 1. The summed E-state index contributed by atoms with van der Waals surface area (Å²) in [6.07, 6.45) is 1.75. The lowest BCUT2D eigenvalue weighted by Gasteiger charge is -2.23. The zero-order valence-corrected chi connectivity index (χ0v) is 15.3. The third-order valence-electron chi connectivity index (χ3n) is 4.44. The molecule has 1 heterocycles. The second kappa shape index (κ2) is 7.80. The molecule has 130 valence electrons. The second-order valence-corrected chi connectivity index (χ2v) is 7.06. The van der Waals surface area contributed by atoms with Gasteiger partial charge in [0.25, 0.3) is 5.91 Å². The van der Waals surface area contributed by atoms with Crippen LogP contribution in [-0.2, 0) is 11.3 Å². The number of rotatable bonds is 5. The molecule has 0 aromatic heterocycles. The van der Waals surface area contributed by atoms with Crippen LogP contribution < -0.4 is 11.1 Å². The SMILES string of the molecule is NC(=O)C1CCCN1Cc1ccccc1NC(=O)c1ccc(Br)cc1. The molecule has 3 rings (SSSR count). The van der Waals surface area contributed by atoms with Crippen LogP contribution in [0.5, 0.6) is 0 Å². The molecular weight excluding hydrogens is 382 g/mol. The van der Waals surface area contributed by atoms with Crippen molar-refractivity contribution in [3.8, 4) is 0 Å². The minimum atomic E-state index is -0.283. The van der Waals surface area contributed by atoms with Gasteiger partial charge in [-0.05, 0) is 55.3 Å². The fraction of sp³-hybridized carbons (Fsp3) is 0.263. The molecule has 0 bridgehead atoms. The molecular formula is C19H20BrN3O2. The van der Waals surface area contributed by atoms with Gasteiger partial charge in [0.05, 0.1) is 6.04 Å². The summed E-state index contributed by atoms with van der Waals surface area (Å²) in [6, 6.07) is 14.6. The molecule has 0 spiro atoms. The van der Waals surface area contributed by atoms with Gasteiger partial charge in [-0.2, -0.15) is 0 Å². The summed E-state index contributed by atoms with van der Waals surface area (Å²) < 4.78 is 0.927. The summed E-state index contributed by atoms with van der Waals surface area (Å²) in [4.78, 5) is 26.1. The number of nitrogens with one attached hydrogen (secondary N) is 1. The maximum Gasteiger partial charge on any atom is 0.255 e. The van der Waals surface area contributed by atoms with Crippen molar-refractivity contribution in [3.63, 3.8) is 0 Å². The van der Waals surface area contributed by atoms with Crippen molar-refractivity contribution < 1.29 is 9.59 Å². The van der Waals surface area contributed by atoms with E-state index < -0.39 is 0 Å². The molecule has 0 aliphatic carbocycles. The number of hydrogen-bond acceptors (Lipinski definition) is 3. The predicted octanol–water partition coefficient (Wildman–Crippen LogP) is 3.15. The van der Waals surface area contributed by atoms with E-state index in [2.05, 4.69) is 26.1 Å². The second-order valence-electron chi connectivity index (χ2n) is 6.15. The fourth-order valence-electron chi connectivity index (χ4n) is 3.13. The van der Waals surface area contributed by atoms with Crippen molar-refractivity contribution in [1.29, 1.82) is 0 Å². The first-order valence-electron chi connectivity index (χ1n) is 8.23. The van der Waals surface area contributed by atoms with Crippen molar-refractivity contribution in [2.75, 3.05) is 11.9 Å². The molecule has 1 aliphatic heterocycles. The van der Waals surface area contributed by atoms with Crippen LogP contribution in [0.15, 0.2) is 53.0 Å². The standard InChI is InChI=1S/C19H20BrN3O2/c20-15-9-7-13(8-10-15)19(25)22-16-5-2-1-4-14(16)12-23-11-3-6-17(23)18(21)24/h1-2,4-5,7-10,17H,3,6,11-12H2,(H2,21,24)(H,22,25). The first kappa shape index (κ1) is 17.6. The van der Waals surface area contributed by atoms with Crippen molar-refractivity contribution in [3.05, 3.63) is 64.1 Å². The minimum Gasteiger partial charge on any atom is -0.368 e. The van der Waals surface area contributed by atoms with Gasteiger partial charge in [-0.3, -0.25) is 14.5 Å². The van der Waals surface area contributed by atoms with Crippen LogP contribution in [0.2, 0.25) is 0 Å². The maximum absolute atomic E-state index is 12.5. The van der Waals surface area contributed by atoms with Crippen molar-refractivity contribution in [2.45, 2.75) is 25.4 Å². The Bertz CT molecular complexity index is 776. The Kier molecular flexibility index (Phi) is 5.50. The summed E-state index contributed by atoms with van der Waals surface area (Å²) in [7, 11) is 0. The first-order valence-corrected chi connectivity index (χ1v) is 9.02. The van der Waals surface area contributed by atoms with E-state index in [1.54, 1.807) is 12.1 Å². The molecule has 25 heavy (non-hydrogen) atoms. The largest absolute Gasteiger partial charge is 0.368 e. The summed E-state index contributed by atoms with van der Waals surface area (Å²) in [5.41, 5.74) is 7.81. The van der Waals surface area contributed by atoms with E-state index >= 15 is 0 Å². The molecule has 2 amide bonds. The third-order valence-corrected chi connectivity index (χ3v) is 4.97. The van der Waals surface area contributed by atoms with Crippen LogP contribution in [0.1, 0.15) is 28.8 Å². The smallest absolute Gasteiger partial charge is 0.255 e.